The van der Waals surface area contributed by atoms with Gasteiger partial charge in [-0.15, -0.1) is 0 Å². The molecule has 5 nitrogen and oxygen atoms in total. The lowest BCUT2D eigenvalue weighted by Crippen LogP contribution is -2.21. The first-order valence-corrected chi connectivity index (χ1v) is 18.2. The van der Waals surface area contributed by atoms with E-state index in [1.807, 2.05) is 12.3 Å². The van der Waals surface area contributed by atoms with Gasteiger partial charge in [0.25, 0.3) is 0 Å². The summed E-state index contributed by atoms with van der Waals surface area (Å²) in [5.41, 5.74) is 11.1. The number of pyridine rings is 1. The van der Waals surface area contributed by atoms with Gasteiger partial charge < -0.3 is 4.74 Å². The summed E-state index contributed by atoms with van der Waals surface area (Å²) in [6.45, 7) is 18.2. The second-order valence-electron chi connectivity index (χ2n) is 14.8. The third-order valence-corrected chi connectivity index (χ3v) is 10.5. The van der Waals surface area contributed by atoms with Crippen LogP contribution in [0.5, 0.6) is 11.5 Å². The van der Waals surface area contributed by atoms with Crippen molar-refractivity contribution in [1.29, 1.82) is 0 Å². The number of fused-ring (bicyclic) bond motifs is 3. The summed E-state index contributed by atoms with van der Waals surface area (Å²) in [6.07, 6.45) is 8.87. The molecular formula is C44H50N4O. The summed E-state index contributed by atoms with van der Waals surface area (Å²) >= 11 is 0. The lowest BCUT2D eigenvalue weighted by atomic mass is 9.72. The van der Waals surface area contributed by atoms with Gasteiger partial charge >= 0.3 is 0 Å². The summed E-state index contributed by atoms with van der Waals surface area (Å²) < 4.78 is 11.3. The lowest BCUT2D eigenvalue weighted by Gasteiger charge is -2.32. The maximum absolute atomic E-state index is 6.79. The van der Waals surface area contributed by atoms with Gasteiger partial charge in [0.15, 0.2) is 0 Å². The highest BCUT2D eigenvalue weighted by Gasteiger charge is 2.32. The zero-order chi connectivity index (χ0) is 34.4. The number of rotatable bonds is 9. The minimum absolute atomic E-state index is 0.333. The molecule has 0 N–H and O–H groups in total. The number of aryl methyl sites for hydroxylation is 2. The number of benzene rings is 3. The van der Waals surface area contributed by atoms with Gasteiger partial charge in [-0.2, -0.15) is 5.10 Å². The molecule has 5 heteroatoms. The van der Waals surface area contributed by atoms with E-state index in [2.05, 4.69) is 137 Å². The Bertz CT molecular complexity index is 2180. The fourth-order valence-electron chi connectivity index (χ4n) is 8.25. The van der Waals surface area contributed by atoms with E-state index < -0.39 is 0 Å². The molecule has 1 aliphatic carbocycles. The van der Waals surface area contributed by atoms with Crippen LogP contribution >= 0.6 is 0 Å². The number of aromatic nitrogens is 4. The number of allylic oxidation sites excluding steroid dienone is 2. The van der Waals surface area contributed by atoms with Crippen LogP contribution in [-0.4, -0.2) is 19.3 Å². The molecule has 6 aromatic rings. The van der Waals surface area contributed by atoms with Gasteiger partial charge in [-0.3, -0.25) is 4.57 Å². The van der Waals surface area contributed by atoms with Crippen molar-refractivity contribution >= 4 is 21.8 Å². The van der Waals surface area contributed by atoms with Crippen molar-refractivity contribution < 1.29 is 4.74 Å². The second-order valence-corrected chi connectivity index (χ2v) is 14.8. The van der Waals surface area contributed by atoms with E-state index in [1.54, 1.807) is 0 Å². The summed E-state index contributed by atoms with van der Waals surface area (Å²) in [4.78, 5) is 4.77. The Kier molecular flexibility index (Phi) is 8.96. The molecule has 1 aliphatic rings. The predicted octanol–water partition coefficient (Wildman–Crippen LogP) is 11.9. The molecule has 3 aromatic carbocycles. The van der Waals surface area contributed by atoms with Gasteiger partial charge in [-0.1, -0.05) is 70.9 Å². The molecule has 0 bridgehead atoms. The van der Waals surface area contributed by atoms with Gasteiger partial charge in [0, 0.05) is 46.3 Å². The molecule has 252 valence electrons. The molecule has 0 spiro atoms. The Morgan fingerprint density at radius 1 is 0.878 bits per heavy atom. The maximum atomic E-state index is 6.79. The molecule has 0 aliphatic heterocycles. The van der Waals surface area contributed by atoms with E-state index in [0.717, 1.165) is 59.0 Å². The van der Waals surface area contributed by atoms with Crippen molar-refractivity contribution in [1.82, 2.24) is 19.3 Å². The van der Waals surface area contributed by atoms with Gasteiger partial charge in [0.2, 0.25) is 0 Å². The van der Waals surface area contributed by atoms with Crippen molar-refractivity contribution in [3.05, 3.63) is 119 Å². The normalized spacial score (nSPS) is 18.1. The van der Waals surface area contributed by atoms with Crippen LogP contribution in [0, 0.1) is 25.7 Å². The number of hydrogen-bond acceptors (Lipinski definition) is 3. The van der Waals surface area contributed by atoms with Crippen LogP contribution in [-0.2, 0) is 6.42 Å². The van der Waals surface area contributed by atoms with E-state index in [1.165, 1.54) is 45.2 Å². The van der Waals surface area contributed by atoms with E-state index in [9.17, 15) is 0 Å². The first-order chi connectivity index (χ1) is 23.6. The Labute approximate surface area is 291 Å². The third kappa shape index (κ3) is 6.20. The van der Waals surface area contributed by atoms with Crippen molar-refractivity contribution in [2.75, 3.05) is 0 Å². The van der Waals surface area contributed by atoms with E-state index in [-0.39, 0.29) is 0 Å². The molecule has 49 heavy (non-hydrogen) atoms. The number of ether oxygens (including phenoxy) is 1. The average molecular weight is 651 g/mol. The van der Waals surface area contributed by atoms with Crippen LogP contribution in [0.4, 0.5) is 0 Å². The Morgan fingerprint density at radius 3 is 2.43 bits per heavy atom. The van der Waals surface area contributed by atoms with E-state index in [0.29, 0.717) is 23.7 Å². The highest BCUT2D eigenvalue weighted by atomic mass is 16.5. The fourth-order valence-corrected chi connectivity index (χ4v) is 8.25. The van der Waals surface area contributed by atoms with Crippen LogP contribution in [0.25, 0.3) is 33.3 Å². The lowest BCUT2D eigenvalue weighted by molar-refractivity contribution is 0.389. The van der Waals surface area contributed by atoms with Crippen molar-refractivity contribution in [2.45, 2.75) is 92.9 Å². The van der Waals surface area contributed by atoms with Gasteiger partial charge in [-0.05, 0) is 111 Å². The number of unbranched alkanes of at least 4 members (excludes halogenated alkanes) is 1. The summed E-state index contributed by atoms with van der Waals surface area (Å²) in [7, 11) is 0. The van der Waals surface area contributed by atoms with Crippen molar-refractivity contribution in [2.24, 2.45) is 11.8 Å². The highest BCUT2D eigenvalue weighted by Crippen LogP contribution is 2.44. The molecule has 3 atom stereocenters. The van der Waals surface area contributed by atoms with Crippen LogP contribution in [0.1, 0.15) is 101 Å². The molecule has 0 radical (unpaired) electrons. The Morgan fingerprint density at radius 2 is 1.67 bits per heavy atom. The fraction of sp³-hybridized carbons (Fsp3) is 0.364. The summed E-state index contributed by atoms with van der Waals surface area (Å²) in [6, 6.07) is 25.8. The van der Waals surface area contributed by atoms with Crippen LogP contribution in [0.3, 0.4) is 0 Å². The van der Waals surface area contributed by atoms with Gasteiger partial charge in [0.1, 0.15) is 17.3 Å². The SMILES string of the molecule is CCCCc1c(C2C(C)=C[C@H](C)C[C@@H]2C)c(C)nn1-c1cc(Oc2ccc3c4ccccc4n(-c4cc(C)ccn4)c3c2)cc(C(C)C)c1. The molecule has 0 saturated heterocycles. The van der Waals surface area contributed by atoms with Gasteiger partial charge in [-0.25, -0.2) is 9.67 Å². The van der Waals surface area contributed by atoms with E-state index >= 15 is 0 Å². The standard InChI is InChI=1S/C44H50N4O/c1-9-10-14-40-44(43-30(6)20-29(5)21-31(43)7)32(8)46-48(40)34-23-33(27(2)3)24-36(25-34)49-35-16-17-38-37-13-11-12-15-39(37)47(41(38)26-35)42-22-28(4)18-19-45-42/h11-13,15-20,22-27,29,31,43H,9-10,14,21H2,1-8H3/t29-,31-,43?/m0/s1. The smallest absolute Gasteiger partial charge is 0.137 e. The molecule has 1 unspecified atom stereocenters. The molecule has 0 amide bonds. The number of nitrogens with zero attached hydrogens (tertiary/aromatic N) is 4. The largest absolute Gasteiger partial charge is 0.457 e. The Balaban J connectivity index is 1.34. The third-order valence-electron chi connectivity index (χ3n) is 10.5. The average Bonchev–Trinajstić information content (AvgIpc) is 3.57. The topological polar surface area (TPSA) is 44.9 Å². The quantitative estimate of drug-likeness (QED) is 0.146. The minimum atomic E-state index is 0.333. The molecule has 3 aromatic heterocycles. The van der Waals surface area contributed by atoms with E-state index in [4.69, 9.17) is 14.8 Å². The molecular weight excluding hydrogens is 601 g/mol. The molecule has 7 rings (SSSR count). The maximum Gasteiger partial charge on any atom is 0.137 e. The molecule has 0 saturated carbocycles. The summed E-state index contributed by atoms with van der Waals surface area (Å²) in [5.74, 6) is 4.47. The zero-order valence-corrected chi connectivity index (χ0v) is 30.4. The van der Waals surface area contributed by atoms with Crippen LogP contribution in [0.15, 0.2) is 90.6 Å². The zero-order valence-electron chi connectivity index (χ0n) is 30.4. The number of para-hydroxylation sites is 1. The summed E-state index contributed by atoms with van der Waals surface area (Å²) in [5, 5.41) is 7.67. The van der Waals surface area contributed by atoms with Crippen LogP contribution < -0.4 is 4.74 Å². The van der Waals surface area contributed by atoms with Crippen LogP contribution in [0.2, 0.25) is 0 Å². The first kappa shape index (κ1) is 32.9. The first-order valence-electron chi connectivity index (χ1n) is 18.2. The van der Waals surface area contributed by atoms with Crippen molar-refractivity contribution in [3.8, 4) is 23.0 Å². The highest BCUT2D eigenvalue weighted by molar-refractivity contribution is 6.09. The second kappa shape index (κ2) is 13.3. The van der Waals surface area contributed by atoms with Crippen molar-refractivity contribution in [3.63, 3.8) is 0 Å². The molecule has 0 fully saturated rings. The predicted molar refractivity (Wildman–Crippen MR) is 204 cm³/mol. The monoisotopic (exact) mass is 650 g/mol. The Hall–Kier alpha value is -4.64. The minimum Gasteiger partial charge on any atom is -0.457 e. The number of hydrogen-bond donors (Lipinski definition) is 0. The molecule has 3 heterocycles. The van der Waals surface area contributed by atoms with Gasteiger partial charge in [0.05, 0.1) is 22.4 Å².